The highest BCUT2D eigenvalue weighted by molar-refractivity contribution is 5.71. The molecule has 2 aromatic carbocycles. The summed E-state index contributed by atoms with van der Waals surface area (Å²) in [7, 11) is 0. The number of hydrogen-bond donors (Lipinski definition) is 0. The van der Waals surface area contributed by atoms with Crippen molar-refractivity contribution in [1.29, 1.82) is 0 Å². The predicted octanol–water partition coefficient (Wildman–Crippen LogP) is 4.85. The summed E-state index contributed by atoms with van der Waals surface area (Å²) in [6.07, 6.45) is 2.72. The molecule has 0 aromatic heterocycles. The molecule has 2 aromatic rings. The van der Waals surface area contributed by atoms with Gasteiger partial charge in [-0.25, -0.2) is 4.79 Å². The van der Waals surface area contributed by atoms with Crippen molar-refractivity contribution in [2.75, 3.05) is 19.8 Å². The summed E-state index contributed by atoms with van der Waals surface area (Å²) in [4.78, 5) is 22.6. The summed E-state index contributed by atoms with van der Waals surface area (Å²) in [5, 5.41) is 0. The Labute approximate surface area is 190 Å². The van der Waals surface area contributed by atoms with Crippen molar-refractivity contribution >= 4 is 12.3 Å². The lowest BCUT2D eigenvalue weighted by Gasteiger charge is -2.30. The van der Waals surface area contributed by atoms with Crippen LogP contribution in [0.4, 0.5) is 0 Å². The van der Waals surface area contributed by atoms with E-state index in [0.717, 1.165) is 19.1 Å². The summed E-state index contributed by atoms with van der Waals surface area (Å²) >= 11 is 0. The zero-order valence-electron chi connectivity index (χ0n) is 19.6. The Bertz CT molecular complexity index is 1050. The van der Waals surface area contributed by atoms with E-state index in [1.807, 2.05) is 12.1 Å². The quantitative estimate of drug-likeness (QED) is 0.458. The number of carbonyl (C=O) groups excluding carboxylic acids is 2. The van der Waals surface area contributed by atoms with Crippen LogP contribution in [-0.2, 0) is 30.6 Å². The first-order valence-corrected chi connectivity index (χ1v) is 11.3. The van der Waals surface area contributed by atoms with E-state index in [2.05, 4.69) is 52.0 Å². The van der Waals surface area contributed by atoms with Crippen LogP contribution in [0.15, 0.2) is 36.4 Å². The molecule has 170 valence electrons. The average molecular weight is 437 g/mol. The van der Waals surface area contributed by atoms with E-state index in [9.17, 15) is 9.59 Å². The minimum absolute atomic E-state index is 0.00198. The molecule has 2 aliphatic carbocycles. The molecule has 0 saturated carbocycles. The van der Waals surface area contributed by atoms with Crippen molar-refractivity contribution in [2.45, 2.75) is 63.7 Å². The molecular weight excluding hydrogens is 404 g/mol. The van der Waals surface area contributed by atoms with Gasteiger partial charge in [-0.3, -0.25) is 4.79 Å². The maximum Gasteiger partial charge on any atom is 0.344 e. The second-order valence-electron chi connectivity index (χ2n) is 10.2. The van der Waals surface area contributed by atoms with Crippen LogP contribution in [-0.4, -0.2) is 32.1 Å². The number of fused-ring (bicyclic) bond motifs is 4. The summed E-state index contributed by atoms with van der Waals surface area (Å²) in [5.41, 5.74) is 4.95. The van der Waals surface area contributed by atoms with Crippen LogP contribution in [0, 0.1) is 0 Å². The van der Waals surface area contributed by atoms with Gasteiger partial charge < -0.3 is 14.2 Å². The molecule has 0 aliphatic heterocycles. The molecular formula is C27H32O5. The first kappa shape index (κ1) is 22.4. The lowest BCUT2D eigenvalue weighted by Crippen LogP contribution is -2.27. The van der Waals surface area contributed by atoms with Gasteiger partial charge in [-0.05, 0) is 77.1 Å². The molecule has 0 saturated heterocycles. The van der Waals surface area contributed by atoms with Crippen molar-refractivity contribution in [3.63, 3.8) is 0 Å². The van der Waals surface area contributed by atoms with Gasteiger partial charge in [-0.1, -0.05) is 39.8 Å². The molecule has 4 rings (SSSR count). The van der Waals surface area contributed by atoms with Gasteiger partial charge in [-0.15, -0.1) is 0 Å². The third kappa shape index (κ3) is 3.68. The predicted molar refractivity (Wildman–Crippen MR) is 123 cm³/mol. The minimum Gasteiger partial charge on any atom is -0.486 e. The van der Waals surface area contributed by atoms with Crippen LogP contribution < -0.4 is 9.47 Å². The molecule has 1 atom stereocenters. The van der Waals surface area contributed by atoms with Crippen LogP contribution in [0.5, 0.6) is 11.5 Å². The Morgan fingerprint density at radius 2 is 1.41 bits per heavy atom. The van der Waals surface area contributed by atoms with Gasteiger partial charge in [0.1, 0.15) is 18.1 Å². The Morgan fingerprint density at radius 3 is 1.91 bits per heavy atom. The maximum atomic E-state index is 11.8. The van der Waals surface area contributed by atoms with Crippen molar-refractivity contribution in [1.82, 2.24) is 0 Å². The van der Waals surface area contributed by atoms with Gasteiger partial charge in [0.2, 0.25) is 0 Å². The molecule has 0 bridgehead atoms. The first-order chi connectivity index (χ1) is 15.1. The molecule has 1 unspecified atom stereocenters. The number of benzene rings is 2. The molecule has 0 heterocycles. The van der Waals surface area contributed by atoms with Gasteiger partial charge in [0, 0.05) is 5.41 Å². The Kier molecular flexibility index (Phi) is 5.56. The second-order valence-corrected chi connectivity index (χ2v) is 10.2. The smallest absolute Gasteiger partial charge is 0.344 e. The van der Waals surface area contributed by atoms with Crippen molar-refractivity contribution in [3.05, 3.63) is 58.7 Å². The molecule has 5 nitrogen and oxygen atoms in total. The van der Waals surface area contributed by atoms with E-state index in [4.69, 9.17) is 14.2 Å². The van der Waals surface area contributed by atoms with Gasteiger partial charge in [0.15, 0.2) is 12.9 Å². The van der Waals surface area contributed by atoms with E-state index in [1.54, 1.807) is 6.92 Å². The standard InChI is InChI=1S/C27H32O5/c1-6-30-24(29)15-32-19-8-10-21-23(14-19)27(17-26(21,4)5)16-25(2,3)20-9-7-18(13-22(20)27)31-12-11-28/h7-11,13-14H,6,12,15-17H2,1-5H3. The van der Waals surface area contributed by atoms with Gasteiger partial charge in [0.05, 0.1) is 6.61 Å². The zero-order chi connectivity index (χ0) is 23.1. The number of esters is 1. The number of aldehydes is 1. The fourth-order valence-electron chi connectivity index (χ4n) is 5.96. The molecule has 32 heavy (non-hydrogen) atoms. The third-order valence-electron chi connectivity index (χ3n) is 6.94. The molecule has 2 aliphatic rings. The largest absolute Gasteiger partial charge is 0.486 e. The lowest BCUT2D eigenvalue weighted by atomic mass is 9.72. The number of hydrogen-bond acceptors (Lipinski definition) is 5. The Morgan fingerprint density at radius 1 is 0.875 bits per heavy atom. The monoisotopic (exact) mass is 436 g/mol. The van der Waals surface area contributed by atoms with Crippen LogP contribution in [0.3, 0.4) is 0 Å². The second kappa shape index (κ2) is 7.95. The summed E-state index contributed by atoms with van der Waals surface area (Å²) in [6.45, 7) is 11.2. The highest BCUT2D eigenvalue weighted by Crippen LogP contribution is 2.63. The van der Waals surface area contributed by atoms with E-state index in [1.165, 1.54) is 22.3 Å². The molecule has 0 amide bonds. The van der Waals surface area contributed by atoms with Gasteiger partial charge >= 0.3 is 5.97 Å². The van der Waals surface area contributed by atoms with E-state index in [-0.39, 0.29) is 35.4 Å². The van der Waals surface area contributed by atoms with E-state index in [0.29, 0.717) is 18.1 Å². The average Bonchev–Trinajstić information content (AvgIpc) is 3.10. The third-order valence-corrected chi connectivity index (χ3v) is 6.94. The van der Waals surface area contributed by atoms with Crippen LogP contribution >= 0.6 is 0 Å². The Hall–Kier alpha value is -2.82. The molecule has 0 radical (unpaired) electrons. The molecule has 1 spiro atoms. The highest BCUT2D eigenvalue weighted by atomic mass is 16.6. The van der Waals surface area contributed by atoms with Crippen LogP contribution in [0.25, 0.3) is 0 Å². The fourth-order valence-corrected chi connectivity index (χ4v) is 5.96. The summed E-state index contributed by atoms with van der Waals surface area (Å²) in [5.74, 6) is 1.02. The lowest BCUT2D eigenvalue weighted by molar-refractivity contribution is -0.145. The highest BCUT2D eigenvalue weighted by Gasteiger charge is 2.56. The number of rotatable bonds is 7. The SMILES string of the molecule is CCOC(=O)COc1ccc2c(c1)C1(CC(C)(C)c3ccc(OCC=O)cc31)CC2(C)C. The molecule has 0 N–H and O–H groups in total. The molecule has 0 fully saturated rings. The van der Waals surface area contributed by atoms with E-state index >= 15 is 0 Å². The van der Waals surface area contributed by atoms with Crippen molar-refractivity contribution in [3.8, 4) is 11.5 Å². The van der Waals surface area contributed by atoms with Crippen molar-refractivity contribution in [2.24, 2.45) is 0 Å². The fraction of sp³-hybridized carbons (Fsp3) is 0.481. The van der Waals surface area contributed by atoms with Crippen LogP contribution in [0.2, 0.25) is 0 Å². The van der Waals surface area contributed by atoms with Gasteiger partial charge in [0.25, 0.3) is 0 Å². The maximum absolute atomic E-state index is 11.8. The van der Waals surface area contributed by atoms with E-state index < -0.39 is 0 Å². The summed E-state index contributed by atoms with van der Waals surface area (Å²) in [6, 6.07) is 12.4. The number of ether oxygens (including phenoxy) is 3. The van der Waals surface area contributed by atoms with Crippen LogP contribution in [0.1, 0.15) is 69.7 Å². The van der Waals surface area contributed by atoms with Crippen molar-refractivity contribution < 1.29 is 23.8 Å². The molecule has 5 heteroatoms. The topological polar surface area (TPSA) is 61.8 Å². The normalized spacial score (nSPS) is 21.7. The summed E-state index contributed by atoms with van der Waals surface area (Å²) < 4.78 is 16.5. The van der Waals surface area contributed by atoms with Gasteiger partial charge in [-0.2, -0.15) is 0 Å². The number of carbonyl (C=O) groups is 2. The first-order valence-electron chi connectivity index (χ1n) is 11.3. The Balaban J connectivity index is 1.79. The zero-order valence-corrected chi connectivity index (χ0v) is 19.6. The minimum atomic E-state index is -0.368.